The average Bonchev–Trinajstić information content (AvgIpc) is 2.93. The topological polar surface area (TPSA) is 29.5 Å². The highest BCUT2D eigenvalue weighted by Crippen LogP contribution is 2.23. The van der Waals surface area contributed by atoms with Gasteiger partial charge in [-0.3, -0.25) is 4.79 Å². The van der Waals surface area contributed by atoms with Gasteiger partial charge >= 0.3 is 0 Å². The minimum Gasteiger partial charge on any atom is -0.377 e. The first-order chi connectivity index (χ1) is 9.29. The number of benzene rings is 1. The number of hydrogen-bond donors (Lipinski definition) is 0. The molecular weight excluding hydrogens is 258 g/mol. The largest absolute Gasteiger partial charge is 0.377 e. The summed E-state index contributed by atoms with van der Waals surface area (Å²) in [6, 6.07) is 8.24. The highest BCUT2D eigenvalue weighted by atomic mass is 32.1. The predicted octanol–water partition coefficient (Wildman–Crippen LogP) is 3.15. The molecule has 4 heteroatoms. The first-order valence-corrected chi connectivity index (χ1v) is 7.53. The molecule has 3 rings (SSSR count). The van der Waals surface area contributed by atoms with E-state index in [1.165, 1.54) is 4.70 Å². The Morgan fingerprint density at radius 2 is 2.37 bits per heavy atom. The van der Waals surface area contributed by atoms with Gasteiger partial charge < -0.3 is 9.64 Å². The van der Waals surface area contributed by atoms with E-state index in [0.717, 1.165) is 17.4 Å². The first-order valence-electron chi connectivity index (χ1n) is 6.65. The average molecular weight is 275 g/mol. The Hall–Kier alpha value is -1.39. The second kappa shape index (κ2) is 5.31. The zero-order valence-electron chi connectivity index (χ0n) is 11.0. The Bertz CT molecular complexity index is 593. The number of carbonyl (C=O) groups excluding carboxylic acids is 1. The van der Waals surface area contributed by atoms with Crippen molar-refractivity contribution in [1.29, 1.82) is 0 Å². The van der Waals surface area contributed by atoms with Gasteiger partial charge in [-0.05, 0) is 41.5 Å². The van der Waals surface area contributed by atoms with Gasteiger partial charge in [0.25, 0.3) is 5.91 Å². The van der Waals surface area contributed by atoms with E-state index in [-0.39, 0.29) is 11.9 Å². The molecule has 1 aromatic heterocycles. The number of ether oxygens (including phenoxy) is 1. The second-order valence-corrected chi connectivity index (χ2v) is 5.76. The van der Waals surface area contributed by atoms with Crippen molar-refractivity contribution in [3.05, 3.63) is 35.2 Å². The maximum atomic E-state index is 12.6. The van der Waals surface area contributed by atoms with Crippen molar-refractivity contribution in [3.8, 4) is 0 Å². The van der Waals surface area contributed by atoms with Gasteiger partial charge in [-0.1, -0.05) is 6.92 Å². The number of thiophene rings is 1. The molecule has 0 spiro atoms. The zero-order valence-corrected chi connectivity index (χ0v) is 11.8. The molecule has 1 unspecified atom stereocenters. The zero-order chi connectivity index (χ0) is 13.2. The number of hydrogen-bond acceptors (Lipinski definition) is 3. The Balaban J connectivity index is 1.89. The van der Waals surface area contributed by atoms with Crippen LogP contribution in [-0.2, 0) is 4.74 Å². The summed E-state index contributed by atoms with van der Waals surface area (Å²) >= 11 is 1.70. The molecular formula is C15H17NO2S. The summed E-state index contributed by atoms with van der Waals surface area (Å²) in [5.41, 5.74) is 0.784. The minimum atomic E-state index is 0.128. The predicted molar refractivity (Wildman–Crippen MR) is 77.8 cm³/mol. The summed E-state index contributed by atoms with van der Waals surface area (Å²) in [5, 5.41) is 3.21. The third kappa shape index (κ3) is 2.38. The van der Waals surface area contributed by atoms with Crippen LogP contribution in [0.2, 0.25) is 0 Å². The molecule has 100 valence electrons. The van der Waals surface area contributed by atoms with Crippen molar-refractivity contribution in [3.63, 3.8) is 0 Å². The molecule has 1 fully saturated rings. The standard InChI is InChI=1S/C15H17NO2S/c1-2-13-10-18-7-6-16(13)15(17)12-3-4-14-11(9-12)5-8-19-14/h3-5,8-9,13H,2,6-7,10H2,1H3. The van der Waals surface area contributed by atoms with E-state index in [4.69, 9.17) is 4.74 Å². The molecule has 1 aliphatic heterocycles. The summed E-state index contributed by atoms with van der Waals surface area (Å²) in [7, 11) is 0. The van der Waals surface area contributed by atoms with Crippen LogP contribution in [0.25, 0.3) is 10.1 Å². The number of carbonyl (C=O) groups is 1. The Kier molecular flexibility index (Phi) is 3.53. The van der Waals surface area contributed by atoms with E-state index >= 15 is 0 Å². The third-order valence-electron chi connectivity index (χ3n) is 3.66. The fourth-order valence-electron chi connectivity index (χ4n) is 2.53. The molecule has 0 aliphatic carbocycles. The fourth-order valence-corrected chi connectivity index (χ4v) is 3.30. The van der Waals surface area contributed by atoms with Gasteiger partial charge in [0.2, 0.25) is 0 Å². The lowest BCUT2D eigenvalue weighted by Gasteiger charge is -2.35. The Morgan fingerprint density at radius 1 is 1.47 bits per heavy atom. The lowest BCUT2D eigenvalue weighted by atomic mass is 10.1. The molecule has 0 N–H and O–H groups in total. The number of morpholine rings is 1. The van der Waals surface area contributed by atoms with E-state index in [2.05, 4.69) is 18.4 Å². The summed E-state index contributed by atoms with van der Waals surface area (Å²) in [6.07, 6.45) is 0.937. The molecule has 1 saturated heterocycles. The smallest absolute Gasteiger partial charge is 0.254 e. The molecule has 2 heterocycles. The van der Waals surface area contributed by atoms with Gasteiger partial charge in [-0.2, -0.15) is 0 Å². The van der Waals surface area contributed by atoms with Crippen LogP contribution in [0.4, 0.5) is 0 Å². The minimum absolute atomic E-state index is 0.128. The van der Waals surface area contributed by atoms with Gasteiger partial charge in [-0.25, -0.2) is 0 Å². The molecule has 19 heavy (non-hydrogen) atoms. The van der Waals surface area contributed by atoms with Crippen molar-refractivity contribution in [2.24, 2.45) is 0 Å². The number of fused-ring (bicyclic) bond motifs is 1. The summed E-state index contributed by atoms with van der Waals surface area (Å²) < 4.78 is 6.68. The maximum absolute atomic E-state index is 12.6. The van der Waals surface area contributed by atoms with E-state index in [9.17, 15) is 4.79 Å². The second-order valence-electron chi connectivity index (χ2n) is 4.81. The Morgan fingerprint density at radius 3 is 3.21 bits per heavy atom. The van der Waals surface area contributed by atoms with E-state index < -0.39 is 0 Å². The fraction of sp³-hybridized carbons (Fsp3) is 0.400. The van der Waals surface area contributed by atoms with Crippen molar-refractivity contribution < 1.29 is 9.53 Å². The molecule has 1 amide bonds. The molecule has 1 atom stereocenters. The van der Waals surface area contributed by atoms with Crippen LogP contribution in [0, 0.1) is 0 Å². The van der Waals surface area contributed by atoms with E-state index in [1.54, 1.807) is 11.3 Å². The van der Waals surface area contributed by atoms with Crippen molar-refractivity contribution in [2.75, 3.05) is 19.8 Å². The molecule has 0 radical (unpaired) electrons. The van der Waals surface area contributed by atoms with Gasteiger partial charge in [0.15, 0.2) is 0 Å². The van der Waals surface area contributed by atoms with Crippen LogP contribution in [0.3, 0.4) is 0 Å². The molecule has 1 aliphatic rings. The van der Waals surface area contributed by atoms with Gasteiger partial charge in [-0.15, -0.1) is 11.3 Å². The highest BCUT2D eigenvalue weighted by Gasteiger charge is 2.26. The first kappa shape index (κ1) is 12.6. The highest BCUT2D eigenvalue weighted by molar-refractivity contribution is 7.17. The van der Waals surface area contributed by atoms with Crippen molar-refractivity contribution in [2.45, 2.75) is 19.4 Å². The molecule has 0 saturated carbocycles. The summed E-state index contributed by atoms with van der Waals surface area (Å²) in [6.45, 7) is 4.09. The number of rotatable bonds is 2. The van der Waals surface area contributed by atoms with Crippen LogP contribution < -0.4 is 0 Å². The van der Waals surface area contributed by atoms with Gasteiger partial charge in [0, 0.05) is 16.8 Å². The molecule has 3 nitrogen and oxygen atoms in total. The quantitative estimate of drug-likeness (QED) is 0.842. The number of amides is 1. The van der Waals surface area contributed by atoms with Crippen molar-refractivity contribution in [1.82, 2.24) is 4.90 Å². The van der Waals surface area contributed by atoms with Crippen LogP contribution in [0.15, 0.2) is 29.6 Å². The van der Waals surface area contributed by atoms with E-state index in [1.807, 2.05) is 23.1 Å². The Labute approximate surface area is 116 Å². The van der Waals surface area contributed by atoms with Gasteiger partial charge in [0.05, 0.1) is 19.3 Å². The lowest BCUT2D eigenvalue weighted by molar-refractivity contribution is -0.00278. The lowest BCUT2D eigenvalue weighted by Crippen LogP contribution is -2.48. The van der Waals surface area contributed by atoms with Gasteiger partial charge in [0.1, 0.15) is 0 Å². The SMILES string of the molecule is CCC1COCCN1C(=O)c1ccc2sccc2c1. The monoisotopic (exact) mass is 275 g/mol. The van der Waals surface area contributed by atoms with Crippen LogP contribution in [0.1, 0.15) is 23.7 Å². The molecule has 2 aromatic rings. The summed E-state index contributed by atoms with van der Waals surface area (Å²) in [4.78, 5) is 14.6. The maximum Gasteiger partial charge on any atom is 0.254 e. The molecule has 0 bridgehead atoms. The normalized spacial score (nSPS) is 19.8. The van der Waals surface area contributed by atoms with Crippen LogP contribution >= 0.6 is 11.3 Å². The summed E-state index contributed by atoms with van der Waals surface area (Å²) in [5.74, 6) is 0.128. The van der Waals surface area contributed by atoms with E-state index in [0.29, 0.717) is 19.8 Å². The molecule has 1 aromatic carbocycles. The van der Waals surface area contributed by atoms with Crippen LogP contribution in [-0.4, -0.2) is 36.6 Å². The number of nitrogens with zero attached hydrogens (tertiary/aromatic N) is 1. The third-order valence-corrected chi connectivity index (χ3v) is 4.56. The van der Waals surface area contributed by atoms with Crippen molar-refractivity contribution >= 4 is 27.3 Å². The van der Waals surface area contributed by atoms with Crippen LogP contribution in [0.5, 0.6) is 0 Å².